The van der Waals surface area contributed by atoms with E-state index in [9.17, 15) is 18.0 Å². The topological polar surface area (TPSA) is 38.1 Å². The van der Waals surface area contributed by atoms with Gasteiger partial charge in [-0.25, -0.2) is 0 Å². The monoisotopic (exact) mass is 427 g/mol. The fourth-order valence-electron chi connectivity index (χ4n) is 3.85. The first-order chi connectivity index (χ1) is 14.7. The predicted molar refractivity (Wildman–Crippen MR) is 112 cm³/mol. The molecule has 2 aromatic carbocycles. The maximum atomic E-state index is 13.4. The Morgan fingerprint density at radius 3 is 2.48 bits per heavy atom. The lowest BCUT2D eigenvalue weighted by Gasteiger charge is -2.25. The van der Waals surface area contributed by atoms with Crippen LogP contribution in [0.4, 0.5) is 13.2 Å². The molecule has 0 spiro atoms. The van der Waals surface area contributed by atoms with E-state index < -0.39 is 11.7 Å². The highest BCUT2D eigenvalue weighted by Gasteiger charge is 2.37. The van der Waals surface area contributed by atoms with E-state index in [1.165, 1.54) is 12.1 Å². The van der Waals surface area contributed by atoms with Crippen molar-refractivity contribution in [3.63, 3.8) is 0 Å². The van der Waals surface area contributed by atoms with Crippen LogP contribution in [0.2, 0.25) is 0 Å². The van der Waals surface area contributed by atoms with Gasteiger partial charge in [0, 0.05) is 23.8 Å². The van der Waals surface area contributed by atoms with E-state index in [0.29, 0.717) is 12.1 Å². The molecule has 0 aliphatic heterocycles. The molecule has 1 saturated carbocycles. The number of hydrogen-bond acceptors (Lipinski definition) is 2. The zero-order valence-corrected chi connectivity index (χ0v) is 17.5. The molecular weight excluding hydrogens is 403 g/mol. The molecule has 0 saturated heterocycles. The van der Waals surface area contributed by atoms with Crippen molar-refractivity contribution in [2.45, 2.75) is 52.0 Å². The Morgan fingerprint density at radius 1 is 1.10 bits per heavy atom. The molecule has 1 heterocycles. The predicted octanol–water partition coefficient (Wildman–Crippen LogP) is 5.37. The number of alkyl halides is 3. The minimum atomic E-state index is -4.45. The lowest BCUT2D eigenvalue weighted by Crippen LogP contribution is -2.33. The minimum absolute atomic E-state index is 0.0199. The zero-order chi connectivity index (χ0) is 22.2. The maximum Gasteiger partial charge on any atom is 0.416 e. The van der Waals surface area contributed by atoms with Crippen LogP contribution in [0.15, 0.2) is 54.6 Å². The third-order valence-electron chi connectivity index (χ3n) is 5.52. The summed E-state index contributed by atoms with van der Waals surface area (Å²) in [6, 6.07) is 14.7. The van der Waals surface area contributed by atoms with Crippen molar-refractivity contribution in [2.75, 3.05) is 0 Å². The Morgan fingerprint density at radius 2 is 1.84 bits per heavy atom. The number of amides is 1. The van der Waals surface area contributed by atoms with Crippen LogP contribution in [0.1, 0.15) is 51.3 Å². The number of aromatic nitrogens is 2. The largest absolute Gasteiger partial charge is 0.416 e. The number of carbonyl (C=O) groups is 1. The number of carbonyl (C=O) groups excluding carboxylic acids is 1. The summed E-state index contributed by atoms with van der Waals surface area (Å²) in [6.07, 6.45) is -2.83. The first kappa shape index (κ1) is 21.2. The Labute approximate surface area is 179 Å². The molecule has 4 rings (SSSR count). The van der Waals surface area contributed by atoms with Gasteiger partial charge >= 0.3 is 6.18 Å². The van der Waals surface area contributed by atoms with E-state index in [1.54, 1.807) is 17.0 Å². The first-order valence-corrected chi connectivity index (χ1v) is 10.3. The van der Waals surface area contributed by atoms with Crippen LogP contribution in [-0.2, 0) is 19.3 Å². The second kappa shape index (κ2) is 8.21. The van der Waals surface area contributed by atoms with Crippen LogP contribution in [0.5, 0.6) is 0 Å². The Hall–Kier alpha value is -3.09. The molecule has 1 aliphatic rings. The van der Waals surface area contributed by atoms with Gasteiger partial charge in [-0.3, -0.25) is 9.48 Å². The minimum Gasteiger partial charge on any atom is -0.331 e. The molecule has 3 aromatic rings. The summed E-state index contributed by atoms with van der Waals surface area (Å²) in [7, 11) is 0. The second-order valence-electron chi connectivity index (χ2n) is 8.10. The Bertz CT molecular complexity index is 1100. The molecule has 0 N–H and O–H groups in total. The van der Waals surface area contributed by atoms with Crippen molar-refractivity contribution < 1.29 is 18.0 Å². The molecule has 0 unspecified atom stereocenters. The third-order valence-corrected chi connectivity index (χ3v) is 5.52. The summed E-state index contributed by atoms with van der Waals surface area (Å²) in [6.45, 7) is 4.37. The second-order valence-corrected chi connectivity index (χ2v) is 8.10. The summed E-state index contributed by atoms with van der Waals surface area (Å²) in [5.74, 6) is -0.241. The summed E-state index contributed by atoms with van der Waals surface area (Å²) in [5, 5.41) is 4.46. The van der Waals surface area contributed by atoms with Crippen LogP contribution >= 0.6 is 0 Å². The van der Waals surface area contributed by atoms with E-state index in [0.717, 1.165) is 35.9 Å². The normalized spacial score (nSPS) is 14.0. The summed E-state index contributed by atoms with van der Waals surface area (Å²) >= 11 is 0. The van der Waals surface area contributed by atoms with E-state index in [-0.39, 0.29) is 24.1 Å². The van der Waals surface area contributed by atoms with Gasteiger partial charge in [-0.15, -0.1) is 0 Å². The van der Waals surface area contributed by atoms with E-state index in [2.05, 4.69) is 5.10 Å². The first-order valence-electron chi connectivity index (χ1n) is 10.3. The molecule has 7 heteroatoms. The molecule has 1 fully saturated rings. The Balaban J connectivity index is 1.58. The lowest BCUT2D eigenvalue weighted by molar-refractivity contribution is -0.138. The van der Waals surface area contributed by atoms with Crippen LogP contribution in [0.3, 0.4) is 0 Å². The van der Waals surface area contributed by atoms with Crippen LogP contribution < -0.4 is 0 Å². The highest BCUT2D eigenvalue weighted by atomic mass is 19.4. The molecule has 1 amide bonds. The fraction of sp³-hybridized carbons (Fsp3) is 0.333. The van der Waals surface area contributed by atoms with Gasteiger partial charge in [0.15, 0.2) is 0 Å². The van der Waals surface area contributed by atoms with Gasteiger partial charge in [0.25, 0.3) is 5.91 Å². The standard InChI is InChI=1S/C24H24F3N3O/c1-16-12-17(2)30(28-16)14-18-6-5-8-19(13-18)23(31)29(21-10-11-21)15-20-7-3-4-9-22(20)24(25,26)27/h3-9,12-13,21H,10-11,14-15H2,1-2H3. The fourth-order valence-corrected chi connectivity index (χ4v) is 3.85. The number of halogens is 3. The van der Waals surface area contributed by atoms with Gasteiger partial charge < -0.3 is 4.90 Å². The molecule has 0 atom stereocenters. The van der Waals surface area contributed by atoms with Gasteiger partial charge in [0.1, 0.15) is 0 Å². The van der Waals surface area contributed by atoms with E-state index in [1.807, 2.05) is 42.8 Å². The number of nitrogens with zero attached hydrogens (tertiary/aromatic N) is 3. The number of rotatable bonds is 6. The van der Waals surface area contributed by atoms with Crippen LogP contribution in [-0.4, -0.2) is 26.6 Å². The van der Waals surface area contributed by atoms with Crippen LogP contribution in [0, 0.1) is 13.8 Å². The summed E-state index contributed by atoms with van der Waals surface area (Å²) in [5.41, 5.74) is 2.78. The van der Waals surface area contributed by atoms with Gasteiger partial charge in [0.05, 0.1) is 17.8 Å². The summed E-state index contributed by atoms with van der Waals surface area (Å²) in [4.78, 5) is 14.9. The zero-order valence-electron chi connectivity index (χ0n) is 17.5. The van der Waals surface area contributed by atoms with Crippen molar-refractivity contribution in [2.24, 2.45) is 0 Å². The number of benzene rings is 2. The highest BCUT2D eigenvalue weighted by molar-refractivity contribution is 5.94. The van der Waals surface area contributed by atoms with Crippen molar-refractivity contribution >= 4 is 5.91 Å². The maximum absolute atomic E-state index is 13.4. The quantitative estimate of drug-likeness (QED) is 0.530. The number of hydrogen-bond donors (Lipinski definition) is 0. The van der Waals surface area contributed by atoms with Crippen molar-refractivity contribution in [3.05, 3.63) is 88.2 Å². The van der Waals surface area contributed by atoms with Gasteiger partial charge in [-0.2, -0.15) is 18.3 Å². The van der Waals surface area contributed by atoms with Crippen LogP contribution in [0.25, 0.3) is 0 Å². The molecular formula is C24H24F3N3O. The molecule has 1 aliphatic carbocycles. The molecule has 4 nitrogen and oxygen atoms in total. The smallest absolute Gasteiger partial charge is 0.331 e. The average Bonchev–Trinajstić information content (AvgIpc) is 3.51. The lowest BCUT2D eigenvalue weighted by atomic mass is 10.1. The molecule has 0 radical (unpaired) electrons. The Kier molecular flexibility index (Phi) is 5.60. The van der Waals surface area contributed by atoms with E-state index in [4.69, 9.17) is 0 Å². The average molecular weight is 427 g/mol. The SMILES string of the molecule is Cc1cc(C)n(Cc2cccc(C(=O)N(Cc3ccccc3C(F)(F)F)C3CC3)c2)n1. The summed E-state index contributed by atoms with van der Waals surface area (Å²) < 4.78 is 42.1. The van der Waals surface area contributed by atoms with Gasteiger partial charge in [0.2, 0.25) is 0 Å². The van der Waals surface area contributed by atoms with Crippen molar-refractivity contribution in [1.82, 2.24) is 14.7 Å². The molecule has 162 valence electrons. The van der Waals surface area contributed by atoms with Crippen molar-refractivity contribution in [1.29, 1.82) is 0 Å². The van der Waals surface area contributed by atoms with E-state index >= 15 is 0 Å². The van der Waals surface area contributed by atoms with Gasteiger partial charge in [-0.05, 0) is 62.1 Å². The molecule has 31 heavy (non-hydrogen) atoms. The highest BCUT2D eigenvalue weighted by Crippen LogP contribution is 2.35. The number of aryl methyl sites for hydroxylation is 2. The van der Waals surface area contributed by atoms with Crippen molar-refractivity contribution in [3.8, 4) is 0 Å². The molecule has 1 aromatic heterocycles. The molecule has 0 bridgehead atoms. The van der Waals surface area contributed by atoms with Gasteiger partial charge in [-0.1, -0.05) is 30.3 Å². The third kappa shape index (κ3) is 4.81.